The number of aryl methyl sites for hydroxylation is 2. The van der Waals surface area contributed by atoms with E-state index in [0.29, 0.717) is 6.54 Å². The van der Waals surface area contributed by atoms with Crippen molar-refractivity contribution in [2.24, 2.45) is 0 Å². The highest BCUT2D eigenvalue weighted by atomic mass is 32.2. The highest BCUT2D eigenvalue weighted by Crippen LogP contribution is 2.39. The van der Waals surface area contributed by atoms with Gasteiger partial charge >= 0.3 is 0 Å². The highest BCUT2D eigenvalue weighted by Gasteiger charge is 2.24. The van der Waals surface area contributed by atoms with E-state index in [1.165, 1.54) is 23.1 Å². The van der Waals surface area contributed by atoms with Crippen molar-refractivity contribution in [1.29, 1.82) is 0 Å². The van der Waals surface area contributed by atoms with Gasteiger partial charge in [0.15, 0.2) is 0 Å². The van der Waals surface area contributed by atoms with Crippen molar-refractivity contribution in [3.05, 3.63) is 16.8 Å². The Balaban J connectivity index is 1.86. The second kappa shape index (κ2) is 5.43. The van der Waals surface area contributed by atoms with Crippen LogP contribution in [0.2, 0.25) is 0 Å². The predicted octanol–water partition coefficient (Wildman–Crippen LogP) is 1.92. The van der Waals surface area contributed by atoms with Gasteiger partial charge in [0.2, 0.25) is 10.0 Å². The Kier molecular flexibility index (Phi) is 3.86. The van der Waals surface area contributed by atoms with Gasteiger partial charge in [-0.1, -0.05) is 0 Å². The number of nitrogens with zero attached hydrogens (tertiary/aromatic N) is 2. The minimum absolute atomic E-state index is 0.455. The van der Waals surface area contributed by atoms with Crippen LogP contribution in [0, 0.1) is 0 Å². The van der Waals surface area contributed by atoms with Crippen molar-refractivity contribution in [2.75, 3.05) is 18.1 Å². The van der Waals surface area contributed by atoms with E-state index in [2.05, 4.69) is 20.0 Å². The molecule has 2 N–H and O–H groups in total. The third-order valence-electron chi connectivity index (χ3n) is 3.66. The Bertz CT molecular complexity index is 812. The summed E-state index contributed by atoms with van der Waals surface area (Å²) in [6, 6.07) is 0. The van der Waals surface area contributed by atoms with E-state index in [4.69, 9.17) is 0 Å². The summed E-state index contributed by atoms with van der Waals surface area (Å²) in [5.74, 6) is 0.799. The Morgan fingerprint density at radius 2 is 2.09 bits per heavy atom. The van der Waals surface area contributed by atoms with Crippen LogP contribution in [-0.2, 0) is 22.9 Å². The zero-order valence-corrected chi connectivity index (χ0v) is 14.6. The molecule has 0 spiro atoms. The van der Waals surface area contributed by atoms with Crippen LogP contribution in [0.3, 0.4) is 0 Å². The summed E-state index contributed by atoms with van der Waals surface area (Å²) in [6.45, 7) is 4.14. The average Bonchev–Trinajstić information content (AvgIpc) is 2.93. The summed E-state index contributed by atoms with van der Waals surface area (Å²) in [5, 5.41) is 4.40. The quantitative estimate of drug-likeness (QED) is 0.869. The summed E-state index contributed by atoms with van der Waals surface area (Å²) in [5.41, 5.74) is 0.765. The zero-order valence-electron chi connectivity index (χ0n) is 12.9. The topological polar surface area (TPSA) is 84.0 Å². The fourth-order valence-electron chi connectivity index (χ4n) is 2.91. The molecule has 8 heteroatoms. The van der Waals surface area contributed by atoms with Crippen molar-refractivity contribution in [1.82, 2.24) is 14.7 Å². The first-order valence-corrected chi connectivity index (χ1v) is 9.94. The summed E-state index contributed by atoms with van der Waals surface area (Å²) < 4.78 is 25.5. The van der Waals surface area contributed by atoms with E-state index >= 15 is 0 Å². The number of hydrogen-bond donors (Lipinski definition) is 2. The van der Waals surface area contributed by atoms with Gasteiger partial charge in [0, 0.05) is 17.0 Å². The van der Waals surface area contributed by atoms with Crippen molar-refractivity contribution in [3.8, 4) is 0 Å². The molecule has 22 heavy (non-hydrogen) atoms. The van der Waals surface area contributed by atoms with E-state index in [9.17, 15) is 8.42 Å². The SMILES string of the molecule is CC(C)(CNc1ncnc2sc3c(c12)CCC3)NS(C)(=O)=O. The van der Waals surface area contributed by atoms with Gasteiger partial charge in [0.1, 0.15) is 17.0 Å². The second-order valence-electron chi connectivity index (χ2n) is 6.37. The van der Waals surface area contributed by atoms with E-state index < -0.39 is 15.6 Å². The summed E-state index contributed by atoms with van der Waals surface area (Å²) in [6.07, 6.45) is 6.11. The molecule has 0 saturated carbocycles. The van der Waals surface area contributed by atoms with Crippen LogP contribution in [-0.4, -0.2) is 36.7 Å². The van der Waals surface area contributed by atoms with Gasteiger partial charge in [0.25, 0.3) is 0 Å². The van der Waals surface area contributed by atoms with Crippen molar-refractivity contribution in [3.63, 3.8) is 0 Å². The van der Waals surface area contributed by atoms with Gasteiger partial charge in [-0.3, -0.25) is 0 Å². The molecule has 1 aliphatic rings. The van der Waals surface area contributed by atoms with E-state index in [-0.39, 0.29) is 0 Å². The first-order valence-electron chi connectivity index (χ1n) is 7.23. The van der Waals surface area contributed by atoms with E-state index in [1.54, 1.807) is 17.7 Å². The van der Waals surface area contributed by atoms with Gasteiger partial charge < -0.3 is 5.32 Å². The Morgan fingerprint density at radius 3 is 2.82 bits per heavy atom. The van der Waals surface area contributed by atoms with Crippen molar-refractivity contribution >= 4 is 37.4 Å². The molecule has 3 rings (SSSR count). The normalized spacial score (nSPS) is 15.2. The van der Waals surface area contributed by atoms with Crippen LogP contribution in [0.4, 0.5) is 5.82 Å². The van der Waals surface area contributed by atoms with Gasteiger partial charge in [-0.05, 0) is 38.7 Å². The molecule has 0 unspecified atom stereocenters. The van der Waals surface area contributed by atoms with Crippen LogP contribution in [0.25, 0.3) is 10.2 Å². The van der Waals surface area contributed by atoms with Crippen LogP contribution >= 0.6 is 11.3 Å². The monoisotopic (exact) mass is 340 g/mol. The number of nitrogens with one attached hydrogen (secondary N) is 2. The molecule has 1 aliphatic carbocycles. The smallest absolute Gasteiger partial charge is 0.209 e. The molecule has 0 atom stereocenters. The average molecular weight is 340 g/mol. The number of sulfonamides is 1. The maximum absolute atomic E-state index is 11.4. The molecule has 2 aromatic rings. The first-order chi connectivity index (χ1) is 10.3. The second-order valence-corrected chi connectivity index (χ2v) is 9.20. The first kappa shape index (κ1) is 15.6. The molecular weight excluding hydrogens is 320 g/mol. The molecule has 6 nitrogen and oxygen atoms in total. The van der Waals surface area contributed by atoms with Crippen LogP contribution < -0.4 is 10.0 Å². The van der Waals surface area contributed by atoms with Crippen molar-refractivity contribution in [2.45, 2.75) is 38.6 Å². The van der Waals surface area contributed by atoms with Gasteiger partial charge in [0.05, 0.1) is 11.6 Å². The highest BCUT2D eigenvalue weighted by molar-refractivity contribution is 7.88. The largest absolute Gasteiger partial charge is 0.368 e. The summed E-state index contributed by atoms with van der Waals surface area (Å²) in [7, 11) is -3.25. The van der Waals surface area contributed by atoms with Crippen LogP contribution in [0.15, 0.2) is 6.33 Å². The Labute approximate surface area is 134 Å². The molecule has 120 valence electrons. The third-order valence-corrected chi connectivity index (χ3v) is 5.78. The lowest BCUT2D eigenvalue weighted by Gasteiger charge is -2.25. The van der Waals surface area contributed by atoms with Crippen LogP contribution in [0.5, 0.6) is 0 Å². The molecule has 0 radical (unpaired) electrons. The van der Waals surface area contributed by atoms with Gasteiger partial charge in [-0.25, -0.2) is 23.1 Å². The molecule has 0 aliphatic heterocycles. The van der Waals surface area contributed by atoms with Gasteiger partial charge in [-0.15, -0.1) is 11.3 Å². The molecule has 2 heterocycles. The molecule has 0 aromatic carbocycles. The van der Waals surface area contributed by atoms with Gasteiger partial charge in [-0.2, -0.15) is 0 Å². The summed E-state index contributed by atoms with van der Waals surface area (Å²) >= 11 is 1.74. The number of anilines is 1. The minimum Gasteiger partial charge on any atom is -0.368 e. The molecule has 0 amide bonds. The molecule has 0 bridgehead atoms. The standard InChI is InChI=1S/C14H20N4O2S2/c1-14(2,18-22(3,19)20)7-15-12-11-9-5-4-6-10(9)21-13(11)17-8-16-12/h8,18H,4-7H2,1-3H3,(H,15,16,17). The number of rotatable bonds is 5. The zero-order chi connectivity index (χ0) is 16.0. The molecule has 2 aromatic heterocycles. The lowest BCUT2D eigenvalue weighted by Crippen LogP contribution is -2.47. The van der Waals surface area contributed by atoms with Crippen LogP contribution in [0.1, 0.15) is 30.7 Å². The number of aromatic nitrogens is 2. The lowest BCUT2D eigenvalue weighted by molar-refractivity contribution is 0.476. The van der Waals surface area contributed by atoms with Crippen molar-refractivity contribution < 1.29 is 8.42 Å². The number of fused-ring (bicyclic) bond motifs is 3. The Hall–Kier alpha value is -1.25. The fraction of sp³-hybridized carbons (Fsp3) is 0.571. The molecular formula is C14H20N4O2S2. The number of thiophene rings is 1. The third kappa shape index (κ3) is 3.23. The molecule has 0 fully saturated rings. The maximum Gasteiger partial charge on any atom is 0.209 e. The van der Waals surface area contributed by atoms with E-state index in [1.807, 2.05) is 13.8 Å². The minimum atomic E-state index is -3.25. The fourth-order valence-corrected chi connectivity index (χ4v) is 5.21. The van der Waals surface area contributed by atoms with E-state index in [0.717, 1.165) is 28.9 Å². The molecule has 0 saturated heterocycles. The maximum atomic E-state index is 11.4. The number of hydrogen-bond acceptors (Lipinski definition) is 6. The predicted molar refractivity (Wildman–Crippen MR) is 90.0 cm³/mol. The Morgan fingerprint density at radius 1 is 1.32 bits per heavy atom. The lowest BCUT2D eigenvalue weighted by atomic mass is 10.1. The summed E-state index contributed by atoms with van der Waals surface area (Å²) in [4.78, 5) is 11.1.